The molecule has 1 fully saturated rings. The third kappa shape index (κ3) is 3.22. The van der Waals surface area contributed by atoms with Gasteiger partial charge < -0.3 is 10.1 Å². The normalized spacial score (nSPS) is 24.2. The van der Waals surface area contributed by atoms with Crippen molar-refractivity contribution >= 4 is 0 Å². The maximum atomic E-state index is 6.00. The van der Waals surface area contributed by atoms with Crippen LogP contribution in [0.1, 0.15) is 44.6 Å². The molecule has 2 atom stereocenters. The number of hydrogen-bond donors (Lipinski definition) is 1. The quantitative estimate of drug-likeness (QED) is 0.861. The van der Waals surface area contributed by atoms with Crippen molar-refractivity contribution in [2.24, 2.45) is 0 Å². The van der Waals surface area contributed by atoms with Gasteiger partial charge in [0, 0.05) is 6.04 Å². The van der Waals surface area contributed by atoms with Crippen LogP contribution >= 0.6 is 0 Å². The van der Waals surface area contributed by atoms with E-state index in [1.165, 1.54) is 12.0 Å². The molecule has 1 aromatic rings. The molecule has 0 spiro atoms. The monoisotopic (exact) mass is 233 g/mol. The third-order valence-corrected chi connectivity index (χ3v) is 3.64. The van der Waals surface area contributed by atoms with E-state index in [0.717, 1.165) is 18.6 Å². The second-order valence-electron chi connectivity index (χ2n) is 5.26. The van der Waals surface area contributed by atoms with E-state index in [1.54, 1.807) is 0 Å². The highest BCUT2D eigenvalue weighted by Crippen LogP contribution is 2.25. The number of benzene rings is 1. The highest BCUT2D eigenvalue weighted by molar-refractivity contribution is 5.29. The van der Waals surface area contributed by atoms with Gasteiger partial charge in [-0.1, -0.05) is 26.0 Å². The van der Waals surface area contributed by atoms with Crippen LogP contribution in [-0.2, 0) is 0 Å². The lowest BCUT2D eigenvalue weighted by atomic mass is 10.0. The van der Waals surface area contributed by atoms with Gasteiger partial charge in [-0.25, -0.2) is 0 Å². The maximum absolute atomic E-state index is 6.00. The summed E-state index contributed by atoms with van der Waals surface area (Å²) in [6, 6.07) is 9.17. The van der Waals surface area contributed by atoms with E-state index in [-0.39, 0.29) is 0 Å². The maximum Gasteiger partial charge on any atom is 0.119 e. The molecule has 0 aromatic heterocycles. The van der Waals surface area contributed by atoms with Crippen LogP contribution in [0.3, 0.4) is 0 Å². The second-order valence-corrected chi connectivity index (χ2v) is 5.26. The van der Waals surface area contributed by atoms with Gasteiger partial charge in [-0.05, 0) is 49.9 Å². The Morgan fingerprint density at radius 1 is 1.18 bits per heavy atom. The molecule has 0 amide bonds. The molecule has 2 unspecified atom stereocenters. The zero-order valence-electron chi connectivity index (χ0n) is 11.1. The average molecular weight is 233 g/mol. The largest absolute Gasteiger partial charge is 0.490 e. The molecule has 0 heterocycles. The van der Waals surface area contributed by atoms with Crippen molar-refractivity contribution in [2.45, 2.75) is 51.2 Å². The predicted octanol–water partition coefficient (Wildman–Crippen LogP) is 3.33. The Kier molecular flexibility index (Phi) is 4.06. The molecule has 1 aliphatic rings. The van der Waals surface area contributed by atoms with E-state index < -0.39 is 0 Å². The van der Waals surface area contributed by atoms with Crippen LogP contribution in [-0.4, -0.2) is 19.2 Å². The van der Waals surface area contributed by atoms with E-state index in [0.29, 0.717) is 18.1 Å². The molecule has 1 aromatic carbocycles. The highest BCUT2D eigenvalue weighted by atomic mass is 16.5. The van der Waals surface area contributed by atoms with E-state index in [2.05, 4.69) is 43.4 Å². The van der Waals surface area contributed by atoms with E-state index >= 15 is 0 Å². The van der Waals surface area contributed by atoms with Crippen LogP contribution < -0.4 is 10.1 Å². The van der Waals surface area contributed by atoms with Crippen LogP contribution in [0.15, 0.2) is 24.3 Å². The first-order chi connectivity index (χ1) is 8.19. The molecule has 2 nitrogen and oxygen atoms in total. The van der Waals surface area contributed by atoms with Crippen LogP contribution in [0.4, 0.5) is 0 Å². The van der Waals surface area contributed by atoms with E-state index in [4.69, 9.17) is 4.74 Å². The predicted molar refractivity (Wildman–Crippen MR) is 71.6 cm³/mol. The molecule has 2 heteroatoms. The van der Waals surface area contributed by atoms with Crippen LogP contribution in [0.5, 0.6) is 5.75 Å². The summed E-state index contributed by atoms with van der Waals surface area (Å²) in [7, 11) is 2.03. The zero-order valence-corrected chi connectivity index (χ0v) is 11.1. The topological polar surface area (TPSA) is 21.3 Å². The fourth-order valence-corrected chi connectivity index (χ4v) is 2.43. The zero-order chi connectivity index (χ0) is 12.3. The van der Waals surface area contributed by atoms with Crippen molar-refractivity contribution < 1.29 is 4.74 Å². The fraction of sp³-hybridized carbons (Fsp3) is 0.600. The van der Waals surface area contributed by atoms with Crippen molar-refractivity contribution in [3.05, 3.63) is 29.8 Å². The average Bonchev–Trinajstić information content (AvgIpc) is 2.77. The third-order valence-electron chi connectivity index (χ3n) is 3.64. The summed E-state index contributed by atoms with van der Waals surface area (Å²) in [5.74, 6) is 1.60. The Labute approximate surface area is 104 Å². The molecule has 2 rings (SSSR count). The lowest BCUT2D eigenvalue weighted by molar-refractivity contribution is 0.206. The van der Waals surface area contributed by atoms with Gasteiger partial charge in [0.1, 0.15) is 11.9 Å². The number of hydrogen-bond acceptors (Lipinski definition) is 2. The molecule has 1 aliphatic carbocycles. The van der Waals surface area contributed by atoms with E-state index in [1.807, 2.05) is 7.05 Å². The van der Waals surface area contributed by atoms with Crippen LogP contribution in [0, 0.1) is 0 Å². The van der Waals surface area contributed by atoms with Crippen molar-refractivity contribution in [1.82, 2.24) is 5.32 Å². The lowest BCUT2D eigenvalue weighted by Gasteiger charge is -2.15. The smallest absolute Gasteiger partial charge is 0.119 e. The Bertz CT molecular complexity index is 344. The summed E-state index contributed by atoms with van der Waals surface area (Å²) >= 11 is 0. The molecule has 1 saturated carbocycles. The summed E-state index contributed by atoms with van der Waals surface area (Å²) in [4.78, 5) is 0. The summed E-state index contributed by atoms with van der Waals surface area (Å²) < 4.78 is 6.00. The van der Waals surface area contributed by atoms with Crippen molar-refractivity contribution in [3.8, 4) is 5.75 Å². The van der Waals surface area contributed by atoms with Crippen LogP contribution in [0.25, 0.3) is 0 Å². The van der Waals surface area contributed by atoms with Gasteiger partial charge in [-0.2, -0.15) is 0 Å². The molecule has 0 saturated heterocycles. The van der Waals surface area contributed by atoms with Crippen molar-refractivity contribution in [3.63, 3.8) is 0 Å². The van der Waals surface area contributed by atoms with Crippen molar-refractivity contribution in [1.29, 1.82) is 0 Å². The van der Waals surface area contributed by atoms with Gasteiger partial charge >= 0.3 is 0 Å². The molecule has 17 heavy (non-hydrogen) atoms. The molecular formula is C15H23NO. The van der Waals surface area contributed by atoms with Gasteiger partial charge in [-0.15, -0.1) is 0 Å². The Hall–Kier alpha value is -1.02. The first-order valence-electron chi connectivity index (χ1n) is 6.63. The fourth-order valence-electron chi connectivity index (χ4n) is 2.43. The van der Waals surface area contributed by atoms with Gasteiger partial charge in [0.2, 0.25) is 0 Å². The van der Waals surface area contributed by atoms with Gasteiger partial charge in [0.25, 0.3) is 0 Å². The Morgan fingerprint density at radius 3 is 2.41 bits per heavy atom. The second kappa shape index (κ2) is 5.54. The molecule has 94 valence electrons. The highest BCUT2D eigenvalue weighted by Gasteiger charge is 2.24. The molecule has 0 aliphatic heterocycles. The summed E-state index contributed by atoms with van der Waals surface area (Å²) in [6.45, 7) is 4.43. The van der Waals surface area contributed by atoms with Gasteiger partial charge in [-0.3, -0.25) is 0 Å². The SMILES string of the molecule is CNC1CCC(Oc2ccc(C(C)C)cc2)C1. The van der Waals surface area contributed by atoms with Gasteiger partial charge in [0.05, 0.1) is 0 Å². The summed E-state index contributed by atoms with van der Waals surface area (Å²) in [5, 5.41) is 3.32. The summed E-state index contributed by atoms with van der Waals surface area (Å²) in [6.07, 6.45) is 3.91. The molecule has 0 bridgehead atoms. The van der Waals surface area contributed by atoms with Crippen LogP contribution in [0.2, 0.25) is 0 Å². The van der Waals surface area contributed by atoms with Gasteiger partial charge in [0.15, 0.2) is 0 Å². The van der Waals surface area contributed by atoms with Crippen molar-refractivity contribution in [2.75, 3.05) is 7.05 Å². The minimum atomic E-state index is 0.386. The molecule has 0 radical (unpaired) electrons. The Morgan fingerprint density at radius 2 is 1.88 bits per heavy atom. The number of rotatable bonds is 4. The number of ether oxygens (including phenoxy) is 1. The minimum Gasteiger partial charge on any atom is -0.490 e. The molecule has 1 N–H and O–H groups in total. The number of nitrogens with one attached hydrogen (secondary N) is 1. The Balaban J connectivity index is 1.91. The lowest BCUT2D eigenvalue weighted by Crippen LogP contribution is -2.23. The minimum absolute atomic E-state index is 0.386. The first kappa shape index (κ1) is 12.4. The first-order valence-corrected chi connectivity index (χ1v) is 6.63. The summed E-state index contributed by atoms with van der Waals surface area (Å²) in [5.41, 5.74) is 1.37. The molecular weight excluding hydrogens is 210 g/mol. The standard InChI is InChI=1S/C15H23NO/c1-11(2)12-4-7-14(8-5-12)17-15-9-6-13(10-15)16-3/h4-5,7-8,11,13,15-16H,6,9-10H2,1-3H3. The van der Waals surface area contributed by atoms with E-state index in [9.17, 15) is 0 Å².